The number of hydrogen-bond acceptors (Lipinski definition) is 4. The number of aliphatic carboxylic acids is 1. The van der Waals surface area contributed by atoms with Crippen molar-refractivity contribution in [3.63, 3.8) is 0 Å². The van der Waals surface area contributed by atoms with Gasteiger partial charge in [0.15, 0.2) is 0 Å². The summed E-state index contributed by atoms with van der Waals surface area (Å²) in [6.45, 7) is 1.96. The Balaban J connectivity index is 1.89. The maximum absolute atomic E-state index is 12.0. The molecule has 116 valence electrons. The number of rotatable bonds is 5. The molecular formula is C14H21N3O4. The third-order valence-electron chi connectivity index (χ3n) is 3.75. The molecule has 0 spiro atoms. The van der Waals surface area contributed by atoms with Gasteiger partial charge >= 0.3 is 12.0 Å². The van der Waals surface area contributed by atoms with E-state index in [1.807, 2.05) is 0 Å². The molecule has 0 bridgehead atoms. The zero-order valence-electron chi connectivity index (χ0n) is 12.1. The van der Waals surface area contributed by atoms with E-state index in [0.29, 0.717) is 24.5 Å². The van der Waals surface area contributed by atoms with Crippen LogP contribution in [0.2, 0.25) is 0 Å². The van der Waals surface area contributed by atoms with Crippen LogP contribution in [0.3, 0.4) is 0 Å². The van der Waals surface area contributed by atoms with Crippen LogP contribution >= 0.6 is 0 Å². The number of carboxylic acids is 1. The number of hydrogen-bond donors (Lipinski definition) is 3. The summed E-state index contributed by atoms with van der Waals surface area (Å²) in [5.41, 5.74) is -0.638. The zero-order chi connectivity index (χ0) is 15.3. The summed E-state index contributed by atoms with van der Waals surface area (Å²) in [7, 11) is 0. The highest BCUT2D eigenvalue weighted by atomic mass is 16.4. The van der Waals surface area contributed by atoms with Gasteiger partial charge in [0.05, 0.1) is 24.7 Å². The van der Waals surface area contributed by atoms with Crippen LogP contribution in [0.4, 0.5) is 4.79 Å². The van der Waals surface area contributed by atoms with E-state index in [-0.39, 0.29) is 19.0 Å². The summed E-state index contributed by atoms with van der Waals surface area (Å²) in [5, 5.41) is 14.6. The molecule has 0 unspecified atom stereocenters. The first kappa shape index (κ1) is 15.3. The van der Waals surface area contributed by atoms with Gasteiger partial charge < -0.3 is 20.2 Å². The zero-order valence-corrected chi connectivity index (χ0v) is 12.1. The normalized spacial score (nSPS) is 17.2. The number of nitrogens with zero attached hydrogens (tertiary/aromatic N) is 1. The fourth-order valence-corrected chi connectivity index (χ4v) is 2.79. The Morgan fingerprint density at radius 2 is 2.10 bits per heavy atom. The molecule has 1 fully saturated rings. The van der Waals surface area contributed by atoms with Gasteiger partial charge in [-0.1, -0.05) is 19.3 Å². The van der Waals surface area contributed by atoms with Crippen LogP contribution in [-0.4, -0.2) is 27.6 Å². The van der Waals surface area contributed by atoms with Crippen molar-refractivity contribution in [1.29, 1.82) is 0 Å². The lowest BCUT2D eigenvalue weighted by atomic mass is 9.79. The Hall–Kier alpha value is -2.05. The van der Waals surface area contributed by atoms with Gasteiger partial charge in [-0.25, -0.2) is 9.78 Å². The summed E-state index contributed by atoms with van der Waals surface area (Å²) in [6, 6.07) is -0.381. The number of urea groups is 1. The average molecular weight is 295 g/mol. The minimum atomic E-state index is -0.888. The van der Waals surface area contributed by atoms with E-state index in [2.05, 4.69) is 15.6 Å². The smallest absolute Gasteiger partial charge is 0.315 e. The number of carbonyl (C=O) groups excluding carboxylic acids is 1. The minimum absolute atomic E-state index is 0.0431. The molecule has 1 aliphatic carbocycles. The molecule has 1 aromatic rings. The maximum Gasteiger partial charge on any atom is 0.315 e. The molecule has 1 heterocycles. The van der Waals surface area contributed by atoms with Gasteiger partial charge in [-0.15, -0.1) is 0 Å². The molecule has 2 rings (SSSR count). The highest BCUT2D eigenvalue weighted by Crippen LogP contribution is 2.31. The molecule has 1 aliphatic rings. The molecule has 2 amide bonds. The van der Waals surface area contributed by atoms with E-state index in [1.165, 1.54) is 0 Å². The van der Waals surface area contributed by atoms with Crippen molar-refractivity contribution >= 4 is 12.0 Å². The highest BCUT2D eigenvalue weighted by Gasteiger charge is 2.35. The second kappa shape index (κ2) is 6.60. The van der Waals surface area contributed by atoms with Crippen molar-refractivity contribution in [2.24, 2.45) is 0 Å². The molecule has 3 N–H and O–H groups in total. The Bertz CT molecular complexity index is 506. The first-order chi connectivity index (χ1) is 9.99. The van der Waals surface area contributed by atoms with Crippen molar-refractivity contribution in [1.82, 2.24) is 15.6 Å². The quantitative estimate of drug-likeness (QED) is 0.770. The third-order valence-corrected chi connectivity index (χ3v) is 3.75. The molecule has 0 atom stereocenters. The van der Waals surface area contributed by atoms with Crippen molar-refractivity contribution in [3.05, 3.63) is 17.8 Å². The average Bonchev–Trinajstić information content (AvgIpc) is 2.82. The van der Waals surface area contributed by atoms with Crippen molar-refractivity contribution in [3.8, 4) is 0 Å². The van der Waals surface area contributed by atoms with Gasteiger partial charge in [0, 0.05) is 0 Å². The summed E-state index contributed by atoms with van der Waals surface area (Å²) in [4.78, 5) is 27.0. The molecule has 0 radical (unpaired) electrons. The fraction of sp³-hybridized carbons (Fsp3) is 0.643. The topological polar surface area (TPSA) is 104 Å². The van der Waals surface area contributed by atoms with E-state index in [9.17, 15) is 9.59 Å². The van der Waals surface area contributed by atoms with Crippen molar-refractivity contribution < 1.29 is 19.1 Å². The predicted molar refractivity (Wildman–Crippen MR) is 74.7 cm³/mol. The fourth-order valence-electron chi connectivity index (χ4n) is 2.79. The van der Waals surface area contributed by atoms with Crippen LogP contribution in [0.5, 0.6) is 0 Å². The SMILES string of the molecule is Cc1cnc(CNC(=O)NC2(CC(=O)O)CCCCC2)o1. The molecule has 0 saturated heterocycles. The van der Waals surface area contributed by atoms with E-state index in [4.69, 9.17) is 9.52 Å². The number of carboxylic acid groups (broad SMARTS) is 1. The monoisotopic (exact) mass is 295 g/mol. The van der Waals surface area contributed by atoms with Crippen LogP contribution < -0.4 is 10.6 Å². The number of carbonyl (C=O) groups is 2. The van der Waals surface area contributed by atoms with E-state index in [1.54, 1.807) is 13.1 Å². The van der Waals surface area contributed by atoms with Gasteiger partial charge in [0.1, 0.15) is 5.76 Å². The maximum atomic E-state index is 12.0. The Morgan fingerprint density at radius 3 is 2.67 bits per heavy atom. The Morgan fingerprint density at radius 1 is 1.38 bits per heavy atom. The van der Waals surface area contributed by atoms with E-state index >= 15 is 0 Å². The molecule has 7 nitrogen and oxygen atoms in total. The molecule has 1 saturated carbocycles. The standard InChI is InChI=1S/C14H21N3O4/c1-10-8-15-11(21-10)9-16-13(20)17-14(7-12(18)19)5-3-2-4-6-14/h8H,2-7,9H2,1H3,(H,18,19)(H2,16,17,20). The predicted octanol–water partition coefficient (Wildman–Crippen LogP) is 1.96. The van der Waals surface area contributed by atoms with Crippen LogP contribution in [-0.2, 0) is 11.3 Å². The van der Waals surface area contributed by atoms with Gasteiger partial charge in [0.25, 0.3) is 0 Å². The summed E-state index contributed by atoms with van der Waals surface area (Å²) in [5.74, 6) is 0.223. The summed E-state index contributed by atoms with van der Waals surface area (Å²) < 4.78 is 5.27. The lowest BCUT2D eigenvalue weighted by Gasteiger charge is -2.36. The van der Waals surface area contributed by atoms with Crippen LogP contribution in [0.15, 0.2) is 10.6 Å². The summed E-state index contributed by atoms with van der Waals surface area (Å²) >= 11 is 0. The first-order valence-corrected chi connectivity index (χ1v) is 7.18. The molecule has 21 heavy (non-hydrogen) atoms. The van der Waals surface area contributed by atoms with Crippen molar-refractivity contribution in [2.75, 3.05) is 0 Å². The van der Waals surface area contributed by atoms with Crippen LogP contribution in [0.25, 0.3) is 0 Å². The number of aryl methyl sites for hydroxylation is 1. The highest BCUT2D eigenvalue weighted by molar-refractivity contribution is 5.76. The van der Waals surface area contributed by atoms with Gasteiger partial charge in [-0.05, 0) is 19.8 Å². The Labute approximate surface area is 123 Å². The minimum Gasteiger partial charge on any atom is -0.481 e. The van der Waals surface area contributed by atoms with Gasteiger partial charge in [0.2, 0.25) is 5.89 Å². The second-order valence-electron chi connectivity index (χ2n) is 5.58. The van der Waals surface area contributed by atoms with Gasteiger partial charge in [-0.3, -0.25) is 4.79 Å². The lowest BCUT2D eigenvalue weighted by Crippen LogP contribution is -2.54. The molecule has 0 aliphatic heterocycles. The van der Waals surface area contributed by atoms with E-state index in [0.717, 1.165) is 19.3 Å². The lowest BCUT2D eigenvalue weighted by molar-refractivity contribution is -0.139. The number of nitrogens with one attached hydrogen (secondary N) is 2. The largest absolute Gasteiger partial charge is 0.481 e. The van der Waals surface area contributed by atoms with Crippen LogP contribution in [0, 0.1) is 6.92 Å². The number of aromatic nitrogens is 1. The third kappa shape index (κ3) is 4.47. The molecule has 7 heteroatoms. The van der Waals surface area contributed by atoms with Gasteiger partial charge in [-0.2, -0.15) is 0 Å². The molecule has 0 aromatic carbocycles. The number of amides is 2. The first-order valence-electron chi connectivity index (χ1n) is 7.18. The van der Waals surface area contributed by atoms with Crippen LogP contribution in [0.1, 0.15) is 50.2 Å². The second-order valence-corrected chi connectivity index (χ2v) is 5.58. The molecular weight excluding hydrogens is 274 g/mol. The molecule has 1 aromatic heterocycles. The van der Waals surface area contributed by atoms with E-state index < -0.39 is 11.5 Å². The Kier molecular flexibility index (Phi) is 4.82. The number of oxazole rings is 1. The summed E-state index contributed by atoms with van der Waals surface area (Å²) in [6.07, 6.45) is 5.90. The van der Waals surface area contributed by atoms with Crippen molar-refractivity contribution in [2.45, 2.75) is 57.5 Å².